The lowest BCUT2D eigenvalue weighted by molar-refractivity contribution is -0.116. The minimum atomic E-state index is -0.117. The number of halogens is 1. The lowest BCUT2D eigenvalue weighted by Crippen LogP contribution is -2.13. The molecule has 1 N–H and O–H groups in total. The van der Waals surface area contributed by atoms with Gasteiger partial charge in [0.05, 0.1) is 32.0 Å². The first-order chi connectivity index (χ1) is 11.6. The molecule has 0 unspecified atom stereocenters. The SMILES string of the molecule is COc1ccc(CCC(=O)Nc2cc(OC)c(Cl)cc2OC)cc1. The number of amides is 1. The minimum absolute atomic E-state index is 0.117. The summed E-state index contributed by atoms with van der Waals surface area (Å²) in [6.45, 7) is 0. The number of carbonyl (C=O) groups excluding carboxylic acids is 1. The second-order valence-electron chi connectivity index (χ2n) is 5.08. The Bertz CT molecular complexity index is 701. The molecule has 0 aromatic heterocycles. The number of benzene rings is 2. The molecule has 2 rings (SSSR count). The molecule has 0 heterocycles. The van der Waals surface area contributed by atoms with Crippen LogP contribution in [0.25, 0.3) is 0 Å². The maximum atomic E-state index is 12.2. The van der Waals surface area contributed by atoms with Crippen molar-refractivity contribution in [1.29, 1.82) is 0 Å². The van der Waals surface area contributed by atoms with Crippen LogP contribution >= 0.6 is 11.6 Å². The van der Waals surface area contributed by atoms with Crippen molar-refractivity contribution in [3.63, 3.8) is 0 Å². The lowest BCUT2D eigenvalue weighted by atomic mass is 10.1. The van der Waals surface area contributed by atoms with Crippen molar-refractivity contribution in [1.82, 2.24) is 0 Å². The van der Waals surface area contributed by atoms with Crippen LogP contribution in [0.4, 0.5) is 5.69 Å². The number of nitrogens with one attached hydrogen (secondary N) is 1. The summed E-state index contributed by atoms with van der Waals surface area (Å²) in [6.07, 6.45) is 0.975. The van der Waals surface area contributed by atoms with Crippen molar-refractivity contribution >= 4 is 23.2 Å². The van der Waals surface area contributed by atoms with E-state index in [-0.39, 0.29) is 5.91 Å². The van der Waals surface area contributed by atoms with Crippen LogP contribution in [0.15, 0.2) is 36.4 Å². The van der Waals surface area contributed by atoms with Crippen molar-refractivity contribution in [3.8, 4) is 17.2 Å². The number of hydrogen-bond donors (Lipinski definition) is 1. The van der Waals surface area contributed by atoms with E-state index in [1.165, 1.54) is 14.2 Å². The summed E-state index contributed by atoms with van der Waals surface area (Å²) < 4.78 is 15.5. The normalized spacial score (nSPS) is 10.2. The van der Waals surface area contributed by atoms with Gasteiger partial charge in [0.15, 0.2) is 0 Å². The molecule has 0 aliphatic heterocycles. The highest BCUT2D eigenvalue weighted by atomic mass is 35.5. The third kappa shape index (κ3) is 4.55. The molecule has 2 aromatic rings. The highest BCUT2D eigenvalue weighted by Crippen LogP contribution is 2.35. The Labute approximate surface area is 146 Å². The van der Waals surface area contributed by atoms with Gasteiger partial charge in [-0.1, -0.05) is 23.7 Å². The van der Waals surface area contributed by atoms with E-state index in [0.717, 1.165) is 11.3 Å². The molecule has 0 fully saturated rings. The van der Waals surface area contributed by atoms with E-state index in [4.69, 9.17) is 25.8 Å². The summed E-state index contributed by atoms with van der Waals surface area (Å²) in [6, 6.07) is 10.9. The molecule has 0 atom stereocenters. The standard InChI is InChI=1S/C18H20ClNO4/c1-22-13-7-4-12(5-8-13)6-9-18(21)20-15-11-16(23-2)14(19)10-17(15)24-3/h4-5,7-8,10-11H,6,9H2,1-3H3,(H,20,21). The Balaban J connectivity index is 2.01. The minimum Gasteiger partial charge on any atom is -0.497 e. The summed E-state index contributed by atoms with van der Waals surface area (Å²) in [4.78, 5) is 12.2. The quantitative estimate of drug-likeness (QED) is 0.822. The highest BCUT2D eigenvalue weighted by Gasteiger charge is 2.12. The van der Waals surface area contributed by atoms with Crippen LogP contribution in [-0.2, 0) is 11.2 Å². The second-order valence-corrected chi connectivity index (χ2v) is 5.49. The third-order valence-electron chi connectivity index (χ3n) is 3.55. The summed E-state index contributed by atoms with van der Waals surface area (Å²) in [5.74, 6) is 1.64. The van der Waals surface area contributed by atoms with Crippen LogP contribution in [0.1, 0.15) is 12.0 Å². The number of hydrogen-bond acceptors (Lipinski definition) is 4. The van der Waals surface area contributed by atoms with E-state index in [1.807, 2.05) is 24.3 Å². The van der Waals surface area contributed by atoms with Crippen LogP contribution in [0, 0.1) is 0 Å². The number of ether oxygens (including phenoxy) is 3. The highest BCUT2D eigenvalue weighted by molar-refractivity contribution is 6.32. The van der Waals surface area contributed by atoms with Gasteiger partial charge in [-0.15, -0.1) is 0 Å². The molecule has 1 amide bonds. The average molecular weight is 350 g/mol. The van der Waals surface area contributed by atoms with Crippen molar-refractivity contribution in [3.05, 3.63) is 47.0 Å². The molecule has 0 aliphatic rings. The molecular formula is C18H20ClNO4. The maximum Gasteiger partial charge on any atom is 0.224 e. The summed E-state index contributed by atoms with van der Waals surface area (Å²) in [5, 5.41) is 3.25. The molecule has 128 valence electrons. The van der Waals surface area contributed by atoms with Gasteiger partial charge in [0.1, 0.15) is 17.2 Å². The Morgan fingerprint density at radius 2 is 1.67 bits per heavy atom. The van der Waals surface area contributed by atoms with Crippen LogP contribution in [-0.4, -0.2) is 27.2 Å². The topological polar surface area (TPSA) is 56.8 Å². The number of aryl methyl sites for hydroxylation is 1. The smallest absolute Gasteiger partial charge is 0.224 e. The van der Waals surface area contributed by atoms with E-state index in [1.54, 1.807) is 19.2 Å². The Hall–Kier alpha value is -2.40. The van der Waals surface area contributed by atoms with Gasteiger partial charge in [-0.3, -0.25) is 4.79 Å². The summed E-state index contributed by atoms with van der Waals surface area (Å²) in [7, 11) is 4.66. The Kier molecular flexibility index (Phi) is 6.32. The van der Waals surface area contributed by atoms with E-state index >= 15 is 0 Å². The van der Waals surface area contributed by atoms with E-state index < -0.39 is 0 Å². The predicted molar refractivity (Wildman–Crippen MR) is 94.5 cm³/mol. The molecule has 2 aromatic carbocycles. The van der Waals surface area contributed by atoms with Crippen LogP contribution < -0.4 is 19.5 Å². The molecule has 24 heavy (non-hydrogen) atoms. The molecular weight excluding hydrogens is 330 g/mol. The van der Waals surface area contributed by atoms with Crippen LogP contribution in [0.3, 0.4) is 0 Å². The van der Waals surface area contributed by atoms with Crippen LogP contribution in [0.2, 0.25) is 5.02 Å². The van der Waals surface area contributed by atoms with Gasteiger partial charge in [-0.2, -0.15) is 0 Å². The molecule has 6 heteroatoms. The zero-order chi connectivity index (χ0) is 17.5. The lowest BCUT2D eigenvalue weighted by Gasteiger charge is -2.13. The Morgan fingerprint density at radius 1 is 1.00 bits per heavy atom. The summed E-state index contributed by atoms with van der Waals surface area (Å²) in [5.41, 5.74) is 1.59. The number of anilines is 1. The van der Waals surface area contributed by atoms with E-state index in [9.17, 15) is 4.79 Å². The van der Waals surface area contributed by atoms with E-state index in [0.29, 0.717) is 35.1 Å². The van der Waals surface area contributed by atoms with Gasteiger partial charge in [-0.05, 0) is 24.1 Å². The number of rotatable bonds is 7. The maximum absolute atomic E-state index is 12.2. The van der Waals surface area contributed by atoms with Gasteiger partial charge < -0.3 is 19.5 Å². The molecule has 0 saturated heterocycles. The first-order valence-corrected chi connectivity index (χ1v) is 7.79. The van der Waals surface area contributed by atoms with Crippen molar-refractivity contribution in [2.75, 3.05) is 26.6 Å². The largest absolute Gasteiger partial charge is 0.497 e. The van der Waals surface area contributed by atoms with E-state index in [2.05, 4.69) is 5.32 Å². The molecule has 0 aliphatic carbocycles. The first-order valence-electron chi connectivity index (χ1n) is 7.41. The monoisotopic (exact) mass is 349 g/mol. The third-order valence-corrected chi connectivity index (χ3v) is 3.84. The molecule has 0 radical (unpaired) electrons. The van der Waals surface area contributed by atoms with Crippen LogP contribution in [0.5, 0.6) is 17.2 Å². The molecule has 0 spiro atoms. The average Bonchev–Trinajstić information content (AvgIpc) is 2.61. The van der Waals surface area contributed by atoms with Gasteiger partial charge in [0, 0.05) is 18.6 Å². The second kappa shape index (κ2) is 8.45. The van der Waals surface area contributed by atoms with Crippen molar-refractivity contribution in [2.45, 2.75) is 12.8 Å². The summed E-state index contributed by atoms with van der Waals surface area (Å²) >= 11 is 6.05. The van der Waals surface area contributed by atoms with Gasteiger partial charge in [0.2, 0.25) is 5.91 Å². The van der Waals surface area contributed by atoms with Gasteiger partial charge in [-0.25, -0.2) is 0 Å². The zero-order valence-electron chi connectivity index (χ0n) is 13.9. The number of carbonyl (C=O) groups is 1. The number of methoxy groups -OCH3 is 3. The fourth-order valence-corrected chi connectivity index (χ4v) is 2.45. The van der Waals surface area contributed by atoms with Crippen molar-refractivity contribution in [2.24, 2.45) is 0 Å². The van der Waals surface area contributed by atoms with Gasteiger partial charge >= 0.3 is 0 Å². The fourth-order valence-electron chi connectivity index (χ4n) is 2.22. The first kappa shape index (κ1) is 17.9. The molecule has 0 saturated carbocycles. The fraction of sp³-hybridized carbons (Fsp3) is 0.278. The molecule has 5 nitrogen and oxygen atoms in total. The van der Waals surface area contributed by atoms with Crippen molar-refractivity contribution < 1.29 is 19.0 Å². The van der Waals surface area contributed by atoms with Gasteiger partial charge in [0.25, 0.3) is 0 Å². The zero-order valence-corrected chi connectivity index (χ0v) is 14.6. The predicted octanol–water partition coefficient (Wildman–Crippen LogP) is 3.94. The molecule has 0 bridgehead atoms. The Morgan fingerprint density at radius 3 is 2.25 bits per heavy atom.